The van der Waals surface area contributed by atoms with Gasteiger partial charge in [-0.25, -0.2) is 14.1 Å². The van der Waals surface area contributed by atoms with E-state index in [0.717, 1.165) is 10.9 Å². The largest absolute Gasteiger partial charge is 0.361 e. The van der Waals surface area contributed by atoms with Gasteiger partial charge in [0.25, 0.3) is 5.91 Å². The number of carbonyl (C=O) groups excluding carboxylic acids is 2. The molecule has 1 N–H and O–H groups in total. The summed E-state index contributed by atoms with van der Waals surface area (Å²) < 4.78 is 18.4. The SMILES string of the molecule is C[Si](C)(C)CCOCN1C(=O)N[C@@H](c2ccc(F)cc2)C1=O. The minimum absolute atomic E-state index is 0.0488. The lowest BCUT2D eigenvalue weighted by Crippen LogP contribution is -2.34. The third kappa shape index (κ3) is 4.14. The predicted octanol–water partition coefficient (Wildman–Crippen LogP) is 2.73. The van der Waals surface area contributed by atoms with Crippen LogP contribution in [0, 0.1) is 5.82 Å². The van der Waals surface area contributed by atoms with E-state index in [1.54, 1.807) is 0 Å². The third-order valence-corrected chi connectivity index (χ3v) is 5.15. The molecule has 2 rings (SSSR count). The van der Waals surface area contributed by atoms with Gasteiger partial charge >= 0.3 is 6.03 Å². The van der Waals surface area contributed by atoms with Gasteiger partial charge in [-0.05, 0) is 23.7 Å². The van der Waals surface area contributed by atoms with Crippen molar-refractivity contribution in [2.24, 2.45) is 0 Å². The van der Waals surface area contributed by atoms with E-state index < -0.39 is 20.1 Å². The normalized spacial score (nSPS) is 18.7. The number of urea groups is 1. The summed E-state index contributed by atoms with van der Waals surface area (Å²) in [6.07, 6.45) is 0. The van der Waals surface area contributed by atoms with E-state index in [2.05, 4.69) is 25.0 Å². The highest BCUT2D eigenvalue weighted by Gasteiger charge is 2.38. The predicted molar refractivity (Wildman–Crippen MR) is 83.5 cm³/mol. The van der Waals surface area contributed by atoms with Gasteiger partial charge in [0.2, 0.25) is 0 Å². The molecule has 3 amide bonds. The maximum atomic E-state index is 12.9. The molecule has 1 heterocycles. The molecule has 1 aliphatic heterocycles. The molecule has 1 saturated heterocycles. The second-order valence-corrected chi connectivity index (χ2v) is 12.2. The maximum Gasteiger partial charge on any atom is 0.327 e. The van der Waals surface area contributed by atoms with Gasteiger partial charge in [-0.2, -0.15) is 0 Å². The van der Waals surface area contributed by atoms with Crippen molar-refractivity contribution in [2.75, 3.05) is 13.3 Å². The number of imide groups is 1. The van der Waals surface area contributed by atoms with Crippen LogP contribution in [0.5, 0.6) is 0 Å². The topological polar surface area (TPSA) is 58.6 Å². The maximum absolute atomic E-state index is 12.9. The number of benzene rings is 1. The first-order valence-electron chi connectivity index (χ1n) is 7.23. The van der Waals surface area contributed by atoms with Crippen LogP contribution in [0.15, 0.2) is 24.3 Å². The highest BCUT2D eigenvalue weighted by atomic mass is 28.3. The minimum Gasteiger partial charge on any atom is -0.361 e. The van der Waals surface area contributed by atoms with E-state index in [1.807, 2.05) is 0 Å². The van der Waals surface area contributed by atoms with Crippen molar-refractivity contribution >= 4 is 20.0 Å². The zero-order valence-corrected chi connectivity index (χ0v) is 14.1. The molecule has 1 fully saturated rings. The number of hydrogen-bond donors (Lipinski definition) is 1. The standard InChI is InChI=1S/C15H21FN2O3Si/c1-22(2,3)9-8-21-10-18-14(19)13(17-15(18)20)11-4-6-12(16)7-5-11/h4-7,13H,8-10H2,1-3H3,(H,17,20)/t13-/m0/s1. The van der Waals surface area contributed by atoms with Gasteiger partial charge in [0, 0.05) is 14.7 Å². The van der Waals surface area contributed by atoms with Crippen molar-refractivity contribution in [3.8, 4) is 0 Å². The van der Waals surface area contributed by atoms with Gasteiger partial charge in [0.05, 0.1) is 0 Å². The smallest absolute Gasteiger partial charge is 0.327 e. The van der Waals surface area contributed by atoms with Gasteiger partial charge in [-0.15, -0.1) is 0 Å². The van der Waals surface area contributed by atoms with Gasteiger partial charge in [-0.3, -0.25) is 4.79 Å². The number of halogens is 1. The van der Waals surface area contributed by atoms with Crippen molar-refractivity contribution in [1.82, 2.24) is 10.2 Å². The Labute approximate surface area is 130 Å². The Balaban J connectivity index is 1.93. The van der Waals surface area contributed by atoms with Gasteiger partial charge < -0.3 is 10.1 Å². The fourth-order valence-corrected chi connectivity index (χ4v) is 2.81. The molecule has 1 aromatic carbocycles. The van der Waals surface area contributed by atoms with Crippen molar-refractivity contribution in [1.29, 1.82) is 0 Å². The summed E-state index contributed by atoms with van der Waals surface area (Å²) >= 11 is 0. The molecular formula is C15H21FN2O3Si. The monoisotopic (exact) mass is 324 g/mol. The average Bonchev–Trinajstić information content (AvgIpc) is 2.71. The highest BCUT2D eigenvalue weighted by Crippen LogP contribution is 2.22. The quantitative estimate of drug-likeness (QED) is 0.497. The molecular weight excluding hydrogens is 303 g/mol. The lowest BCUT2D eigenvalue weighted by molar-refractivity contribution is -0.131. The molecule has 0 radical (unpaired) electrons. The summed E-state index contributed by atoms with van der Waals surface area (Å²) in [7, 11) is -1.20. The summed E-state index contributed by atoms with van der Waals surface area (Å²) in [5.74, 6) is -0.753. The summed E-state index contributed by atoms with van der Waals surface area (Å²) in [6.45, 7) is 7.18. The molecule has 0 spiro atoms. The minimum atomic E-state index is -1.20. The van der Waals surface area contributed by atoms with Gasteiger partial charge in [-0.1, -0.05) is 31.8 Å². The van der Waals surface area contributed by atoms with E-state index >= 15 is 0 Å². The number of nitrogens with zero attached hydrogens (tertiary/aromatic N) is 1. The first-order chi connectivity index (χ1) is 10.3. The first kappa shape index (κ1) is 16.6. The lowest BCUT2D eigenvalue weighted by Gasteiger charge is -2.17. The fourth-order valence-electron chi connectivity index (χ4n) is 2.06. The van der Waals surface area contributed by atoms with E-state index in [1.165, 1.54) is 24.3 Å². The number of amides is 3. The number of ether oxygens (including phenoxy) is 1. The molecule has 22 heavy (non-hydrogen) atoms. The Morgan fingerprint density at radius 2 is 1.86 bits per heavy atom. The zero-order valence-electron chi connectivity index (χ0n) is 13.1. The van der Waals surface area contributed by atoms with Crippen LogP contribution in [0.3, 0.4) is 0 Å². The lowest BCUT2D eigenvalue weighted by atomic mass is 10.1. The molecule has 1 atom stereocenters. The molecule has 0 aliphatic carbocycles. The molecule has 7 heteroatoms. The van der Waals surface area contributed by atoms with Crippen molar-refractivity contribution < 1.29 is 18.7 Å². The van der Waals surface area contributed by atoms with Crippen LogP contribution >= 0.6 is 0 Å². The summed E-state index contributed by atoms with van der Waals surface area (Å²) in [5, 5.41) is 2.59. The Kier molecular flexibility index (Phi) is 4.97. The van der Waals surface area contributed by atoms with E-state index in [4.69, 9.17) is 4.74 Å². The Hall–Kier alpha value is -1.73. The van der Waals surface area contributed by atoms with Crippen molar-refractivity contribution in [2.45, 2.75) is 31.7 Å². The number of rotatable bonds is 6. The summed E-state index contributed by atoms with van der Waals surface area (Å²) in [6, 6.07) is 5.24. The van der Waals surface area contributed by atoms with Gasteiger partial charge in [0.15, 0.2) is 0 Å². The van der Waals surface area contributed by atoms with Crippen LogP contribution in [-0.2, 0) is 9.53 Å². The number of nitrogens with one attached hydrogen (secondary N) is 1. The molecule has 0 saturated carbocycles. The van der Waals surface area contributed by atoms with Crippen LogP contribution < -0.4 is 5.32 Å². The summed E-state index contributed by atoms with van der Waals surface area (Å²) in [5.41, 5.74) is 0.560. The van der Waals surface area contributed by atoms with E-state index in [0.29, 0.717) is 12.2 Å². The van der Waals surface area contributed by atoms with Crippen molar-refractivity contribution in [3.63, 3.8) is 0 Å². The van der Waals surface area contributed by atoms with Crippen LogP contribution in [0.2, 0.25) is 25.7 Å². The van der Waals surface area contributed by atoms with E-state index in [9.17, 15) is 14.0 Å². The van der Waals surface area contributed by atoms with Crippen LogP contribution in [0.25, 0.3) is 0 Å². The van der Waals surface area contributed by atoms with Gasteiger partial charge in [0.1, 0.15) is 18.6 Å². The second-order valence-electron chi connectivity index (χ2n) is 6.55. The van der Waals surface area contributed by atoms with Crippen LogP contribution in [0.4, 0.5) is 9.18 Å². The molecule has 120 valence electrons. The molecule has 5 nitrogen and oxygen atoms in total. The highest BCUT2D eigenvalue weighted by molar-refractivity contribution is 6.76. The Bertz CT molecular complexity index is 557. The molecule has 1 aromatic rings. The summed E-state index contributed by atoms with van der Waals surface area (Å²) in [4.78, 5) is 25.2. The average molecular weight is 324 g/mol. The molecule has 1 aliphatic rings. The fraction of sp³-hybridized carbons (Fsp3) is 0.467. The molecule has 0 unspecified atom stereocenters. The van der Waals surface area contributed by atoms with Crippen LogP contribution in [0.1, 0.15) is 11.6 Å². The second kappa shape index (κ2) is 6.58. The number of hydrogen-bond acceptors (Lipinski definition) is 3. The van der Waals surface area contributed by atoms with Crippen molar-refractivity contribution in [3.05, 3.63) is 35.6 Å². The Morgan fingerprint density at radius 1 is 1.23 bits per heavy atom. The third-order valence-electron chi connectivity index (χ3n) is 3.45. The molecule has 0 bridgehead atoms. The van der Waals surface area contributed by atoms with Crippen LogP contribution in [-0.4, -0.2) is 38.2 Å². The van der Waals surface area contributed by atoms with E-state index in [-0.39, 0.29) is 18.5 Å². The zero-order chi connectivity index (χ0) is 16.3. The Morgan fingerprint density at radius 3 is 2.45 bits per heavy atom. The number of carbonyl (C=O) groups is 2. The molecule has 0 aromatic heterocycles. The first-order valence-corrected chi connectivity index (χ1v) is 10.9.